The number of nitrogens with zero attached hydrogens (tertiary/aromatic N) is 3. The van der Waals surface area contributed by atoms with E-state index in [1.807, 2.05) is 50.2 Å². The fourth-order valence-electron chi connectivity index (χ4n) is 2.62. The Balaban J connectivity index is 2.16. The summed E-state index contributed by atoms with van der Waals surface area (Å²) in [5, 5.41) is 16.5. The van der Waals surface area contributed by atoms with Gasteiger partial charge in [-0.25, -0.2) is 9.67 Å². The molecular weight excluding hydrogens is 352 g/mol. The molecular formula is C19H19ClN4O2. The van der Waals surface area contributed by atoms with Gasteiger partial charge in [0.2, 0.25) is 5.82 Å². The Morgan fingerprint density at radius 1 is 1.23 bits per heavy atom. The van der Waals surface area contributed by atoms with Gasteiger partial charge in [-0.1, -0.05) is 41.4 Å². The number of nitrogens with one attached hydrogen (secondary N) is 1. The third-order valence-corrected chi connectivity index (χ3v) is 4.36. The summed E-state index contributed by atoms with van der Waals surface area (Å²) in [6.45, 7) is 3.88. The molecule has 3 aromatic rings. The average Bonchev–Trinajstić information content (AvgIpc) is 3.07. The highest BCUT2D eigenvalue weighted by Crippen LogP contribution is 2.27. The van der Waals surface area contributed by atoms with Crippen LogP contribution in [-0.4, -0.2) is 38.9 Å². The molecule has 26 heavy (non-hydrogen) atoms. The topological polar surface area (TPSA) is 80.0 Å². The second kappa shape index (κ2) is 7.68. The molecule has 0 aliphatic carbocycles. The molecule has 7 heteroatoms. The Bertz CT molecular complexity index is 952. The Morgan fingerprint density at radius 3 is 2.73 bits per heavy atom. The molecule has 0 spiro atoms. The van der Waals surface area contributed by atoms with Gasteiger partial charge in [-0.15, -0.1) is 5.10 Å². The number of halogens is 1. The second-order valence-electron chi connectivity index (χ2n) is 5.90. The molecule has 0 radical (unpaired) electrons. The summed E-state index contributed by atoms with van der Waals surface area (Å²) < 4.78 is 1.63. The van der Waals surface area contributed by atoms with Gasteiger partial charge in [0.25, 0.3) is 5.91 Å². The van der Waals surface area contributed by atoms with Crippen LogP contribution in [0.3, 0.4) is 0 Å². The molecule has 1 amide bonds. The summed E-state index contributed by atoms with van der Waals surface area (Å²) >= 11 is 6.26. The van der Waals surface area contributed by atoms with Gasteiger partial charge < -0.3 is 10.4 Å². The van der Waals surface area contributed by atoms with E-state index in [1.54, 1.807) is 10.7 Å². The SMILES string of the molecule is Cc1cccc(-c2nc(C(=O)NCCO)nn2-c2cccc(Cl)c2C)c1. The van der Waals surface area contributed by atoms with E-state index in [1.165, 1.54) is 0 Å². The molecule has 3 rings (SSSR count). The van der Waals surface area contributed by atoms with Gasteiger partial charge in [0.1, 0.15) is 0 Å². The summed E-state index contributed by atoms with van der Waals surface area (Å²) in [6.07, 6.45) is 0. The van der Waals surface area contributed by atoms with E-state index < -0.39 is 5.91 Å². The molecule has 0 bridgehead atoms. The van der Waals surface area contributed by atoms with Crippen molar-refractivity contribution in [2.75, 3.05) is 13.2 Å². The van der Waals surface area contributed by atoms with Gasteiger partial charge in [0, 0.05) is 17.1 Å². The summed E-state index contributed by atoms with van der Waals surface area (Å²) in [6, 6.07) is 13.3. The van der Waals surface area contributed by atoms with Crippen LogP contribution in [0.25, 0.3) is 17.1 Å². The van der Waals surface area contributed by atoms with Crippen LogP contribution >= 0.6 is 11.6 Å². The predicted molar refractivity (Wildman–Crippen MR) is 101 cm³/mol. The first kappa shape index (κ1) is 18.1. The van der Waals surface area contributed by atoms with Gasteiger partial charge in [-0.2, -0.15) is 0 Å². The van der Waals surface area contributed by atoms with E-state index in [0.717, 1.165) is 22.4 Å². The molecule has 0 aliphatic rings. The molecule has 6 nitrogen and oxygen atoms in total. The maximum Gasteiger partial charge on any atom is 0.291 e. The Kier molecular flexibility index (Phi) is 5.35. The molecule has 0 atom stereocenters. The smallest absolute Gasteiger partial charge is 0.291 e. The zero-order valence-corrected chi connectivity index (χ0v) is 15.3. The normalized spacial score (nSPS) is 10.8. The monoisotopic (exact) mass is 370 g/mol. The zero-order chi connectivity index (χ0) is 18.7. The lowest BCUT2D eigenvalue weighted by molar-refractivity contribution is 0.0934. The minimum atomic E-state index is -0.439. The number of carbonyl (C=O) groups excluding carboxylic acids is 1. The number of aliphatic hydroxyl groups excluding tert-OH is 1. The first-order valence-electron chi connectivity index (χ1n) is 8.20. The van der Waals surface area contributed by atoms with Crippen molar-refractivity contribution in [3.63, 3.8) is 0 Å². The van der Waals surface area contributed by atoms with Crippen molar-refractivity contribution in [2.45, 2.75) is 13.8 Å². The largest absolute Gasteiger partial charge is 0.395 e. The molecule has 2 aromatic carbocycles. The van der Waals surface area contributed by atoms with Crippen LogP contribution in [0.1, 0.15) is 21.7 Å². The van der Waals surface area contributed by atoms with E-state index in [9.17, 15) is 4.79 Å². The van der Waals surface area contributed by atoms with Crippen LogP contribution in [0.5, 0.6) is 0 Å². The highest BCUT2D eigenvalue weighted by molar-refractivity contribution is 6.31. The number of rotatable bonds is 5. The van der Waals surface area contributed by atoms with E-state index >= 15 is 0 Å². The minimum absolute atomic E-state index is 0.0364. The van der Waals surface area contributed by atoms with E-state index in [0.29, 0.717) is 10.8 Å². The fraction of sp³-hybridized carbons (Fsp3) is 0.211. The Labute approximate surface area is 156 Å². The van der Waals surface area contributed by atoms with E-state index in [-0.39, 0.29) is 19.0 Å². The third-order valence-electron chi connectivity index (χ3n) is 3.95. The van der Waals surface area contributed by atoms with Gasteiger partial charge in [-0.3, -0.25) is 4.79 Å². The molecule has 0 saturated heterocycles. The lowest BCUT2D eigenvalue weighted by Crippen LogP contribution is -2.27. The van der Waals surface area contributed by atoms with Gasteiger partial charge in [0.15, 0.2) is 5.82 Å². The molecule has 1 heterocycles. The minimum Gasteiger partial charge on any atom is -0.395 e. The van der Waals surface area contributed by atoms with Crippen molar-refractivity contribution in [1.29, 1.82) is 0 Å². The van der Waals surface area contributed by atoms with Crippen molar-refractivity contribution in [1.82, 2.24) is 20.1 Å². The first-order chi connectivity index (χ1) is 12.5. The highest BCUT2D eigenvalue weighted by atomic mass is 35.5. The first-order valence-corrected chi connectivity index (χ1v) is 8.57. The molecule has 0 saturated carbocycles. The standard InChI is InChI=1S/C19H19ClN4O2/c1-12-5-3-6-14(11-12)18-22-17(19(26)21-9-10-25)23-24(18)16-8-4-7-15(20)13(16)2/h3-8,11,25H,9-10H2,1-2H3,(H,21,26). The van der Waals surface area contributed by atoms with Crippen LogP contribution < -0.4 is 5.32 Å². The van der Waals surface area contributed by atoms with Crippen LogP contribution in [-0.2, 0) is 0 Å². The molecule has 1 aromatic heterocycles. The van der Waals surface area contributed by atoms with Gasteiger partial charge in [-0.05, 0) is 37.6 Å². The number of amides is 1. The van der Waals surface area contributed by atoms with Crippen LogP contribution in [0, 0.1) is 13.8 Å². The predicted octanol–water partition coefficient (Wildman–Crippen LogP) is 2.93. The number of aryl methyl sites for hydroxylation is 1. The maximum atomic E-state index is 12.3. The zero-order valence-electron chi connectivity index (χ0n) is 14.5. The molecule has 0 fully saturated rings. The Morgan fingerprint density at radius 2 is 2.00 bits per heavy atom. The quantitative estimate of drug-likeness (QED) is 0.723. The lowest BCUT2D eigenvalue weighted by atomic mass is 10.1. The van der Waals surface area contributed by atoms with Crippen molar-refractivity contribution in [3.05, 3.63) is 64.4 Å². The molecule has 0 aliphatic heterocycles. The Hall–Kier alpha value is -2.70. The van der Waals surface area contributed by atoms with Crippen LogP contribution in [0.2, 0.25) is 5.02 Å². The fourth-order valence-corrected chi connectivity index (χ4v) is 2.79. The van der Waals surface area contributed by atoms with Crippen molar-refractivity contribution >= 4 is 17.5 Å². The number of aliphatic hydroxyl groups is 1. The van der Waals surface area contributed by atoms with Crippen molar-refractivity contribution in [2.24, 2.45) is 0 Å². The molecule has 2 N–H and O–H groups in total. The third kappa shape index (κ3) is 3.61. The summed E-state index contributed by atoms with van der Waals surface area (Å²) in [7, 11) is 0. The average molecular weight is 371 g/mol. The lowest BCUT2D eigenvalue weighted by Gasteiger charge is -2.10. The number of carbonyl (C=O) groups is 1. The summed E-state index contributed by atoms with van der Waals surface area (Å²) in [4.78, 5) is 16.7. The maximum absolute atomic E-state index is 12.3. The van der Waals surface area contributed by atoms with Crippen LogP contribution in [0.4, 0.5) is 0 Å². The summed E-state index contributed by atoms with van der Waals surface area (Å²) in [5.74, 6) is 0.147. The number of benzene rings is 2. The number of hydrogen-bond acceptors (Lipinski definition) is 4. The molecule has 0 unspecified atom stereocenters. The highest BCUT2D eigenvalue weighted by Gasteiger charge is 2.20. The number of hydrogen-bond donors (Lipinski definition) is 2. The summed E-state index contributed by atoms with van der Waals surface area (Å²) in [5.41, 5.74) is 3.52. The van der Waals surface area contributed by atoms with Crippen molar-refractivity contribution in [3.8, 4) is 17.1 Å². The van der Waals surface area contributed by atoms with Gasteiger partial charge in [0.05, 0.1) is 12.3 Å². The van der Waals surface area contributed by atoms with Crippen molar-refractivity contribution < 1.29 is 9.90 Å². The van der Waals surface area contributed by atoms with E-state index in [4.69, 9.17) is 16.7 Å². The van der Waals surface area contributed by atoms with Crippen LogP contribution in [0.15, 0.2) is 42.5 Å². The number of aromatic nitrogens is 3. The second-order valence-corrected chi connectivity index (χ2v) is 6.31. The van der Waals surface area contributed by atoms with Gasteiger partial charge >= 0.3 is 0 Å². The molecule has 134 valence electrons. The van der Waals surface area contributed by atoms with E-state index in [2.05, 4.69) is 15.4 Å².